The highest BCUT2D eigenvalue weighted by Gasteiger charge is 2.13. The number of benzene rings is 2. The Morgan fingerprint density at radius 1 is 1.08 bits per heavy atom. The Kier molecular flexibility index (Phi) is 3.87. The molecule has 4 rings (SSSR count). The van der Waals surface area contributed by atoms with Gasteiger partial charge in [-0.05, 0) is 30.3 Å². The lowest BCUT2D eigenvalue weighted by atomic mass is 10.2. The monoisotopic (exact) mass is 349 g/mol. The molecule has 2 heterocycles. The van der Waals surface area contributed by atoms with Crippen LogP contribution in [0.5, 0.6) is 0 Å². The molecule has 4 aromatic rings. The Morgan fingerprint density at radius 2 is 1.96 bits per heavy atom. The van der Waals surface area contributed by atoms with Crippen LogP contribution >= 0.6 is 11.6 Å². The second-order valence-electron chi connectivity index (χ2n) is 5.34. The highest BCUT2D eigenvalue weighted by molar-refractivity contribution is 6.31. The maximum absolute atomic E-state index is 12.6. The van der Waals surface area contributed by atoms with Gasteiger partial charge >= 0.3 is 0 Å². The Hall–Kier alpha value is -3.25. The maximum atomic E-state index is 12.6. The fourth-order valence-electron chi connectivity index (χ4n) is 2.52. The van der Waals surface area contributed by atoms with Crippen molar-refractivity contribution in [3.63, 3.8) is 0 Å². The number of carbonyl (C=O) groups excluding carboxylic acids is 1. The highest BCUT2D eigenvalue weighted by Crippen LogP contribution is 2.24. The van der Waals surface area contributed by atoms with Crippen molar-refractivity contribution >= 4 is 34.1 Å². The first-order valence-corrected chi connectivity index (χ1v) is 7.90. The van der Waals surface area contributed by atoms with Gasteiger partial charge in [-0.2, -0.15) is 5.10 Å². The van der Waals surface area contributed by atoms with Gasteiger partial charge < -0.3 is 5.32 Å². The van der Waals surface area contributed by atoms with Gasteiger partial charge in [-0.25, -0.2) is 14.6 Å². The van der Waals surface area contributed by atoms with E-state index in [1.54, 1.807) is 35.3 Å². The summed E-state index contributed by atoms with van der Waals surface area (Å²) in [5.41, 5.74) is 2.27. The number of para-hydroxylation sites is 1. The van der Waals surface area contributed by atoms with Crippen molar-refractivity contribution in [1.29, 1.82) is 0 Å². The van der Waals surface area contributed by atoms with Crippen LogP contribution in [0.15, 0.2) is 67.3 Å². The van der Waals surface area contributed by atoms with Crippen LogP contribution in [0.2, 0.25) is 5.02 Å². The van der Waals surface area contributed by atoms with Crippen LogP contribution in [0.1, 0.15) is 10.5 Å². The number of halogens is 1. The minimum atomic E-state index is -0.325. The number of nitrogens with zero attached hydrogens (tertiary/aromatic N) is 4. The van der Waals surface area contributed by atoms with Gasteiger partial charge in [-0.1, -0.05) is 35.9 Å². The van der Waals surface area contributed by atoms with Gasteiger partial charge in [0.2, 0.25) is 0 Å². The van der Waals surface area contributed by atoms with E-state index in [9.17, 15) is 4.79 Å². The Bertz CT molecular complexity index is 1060. The normalized spacial score (nSPS) is 10.8. The first kappa shape index (κ1) is 15.3. The predicted octanol–water partition coefficient (Wildman–Crippen LogP) is 3.72. The van der Waals surface area contributed by atoms with Crippen molar-refractivity contribution < 1.29 is 4.79 Å². The Labute approximate surface area is 148 Å². The molecule has 25 heavy (non-hydrogen) atoms. The SMILES string of the molecule is O=C(Nc1cc(Cl)ccc1-n1cncn1)c1ccc2ccccc2n1. The first-order chi connectivity index (χ1) is 12.2. The molecule has 6 nitrogen and oxygen atoms in total. The van der Waals surface area contributed by atoms with E-state index in [-0.39, 0.29) is 5.91 Å². The number of amides is 1. The number of fused-ring (bicyclic) bond motifs is 1. The molecule has 122 valence electrons. The lowest BCUT2D eigenvalue weighted by Gasteiger charge is -2.11. The van der Waals surface area contributed by atoms with Crippen LogP contribution < -0.4 is 5.32 Å². The molecular formula is C18H12ClN5O. The van der Waals surface area contributed by atoms with E-state index in [4.69, 9.17) is 11.6 Å². The average Bonchev–Trinajstić information content (AvgIpc) is 3.16. The van der Waals surface area contributed by atoms with E-state index >= 15 is 0 Å². The van der Waals surface area contributed by atoms with Crippen molar-refractivity contribution in [1.82, 2.24) is 19.7 Å². The Balaban J connectivity index is 1.69. The summed E-state index contributed by atoms with van der Waals surface area (Å²) in [7, 11) is 0. The topological polar surface area (TPSA) is 72.7 Å². The van der Waals surface area contributed by atoms with Crippen molar-refractivity contribution in [3.8, 4) is 5.69 Å². The molecule has 1 amide bonds. The molecule has 0 unspecified atom stereocenters. The predicted molar refractivity (Wildman–Crippen MR) is 96.1 cm³/mol. The molecule has 7 heteroatoms. The molecule has 0 radical (unpaired) electrons. The summed E-state index contributed by atoms with van der Waals surface area (Å²) in [6.45, 7) is 0. The summed E-state index contributed by atoms with van der Waals surface area (Å²) in [6, 6.07) is 16.3. The number of pyridine rings is 1. The third-order valence-corrected chi connectivity index (χ3v) is 3.94. The minimum absolute atomic E-state index is 0.322. The van der Waals surface area contributed by atoms with Gasteiger partial charge in [0.15, 0.2) is 0 Å². The summed E-state index contributed by atoms with van der Waals surface area (Å²) >= 11 is 6.07. The summed E-state index contributed by atoms with van der Waals surface area (Å²) < 4.78 is 1.56. The zero-order chi connectivity index (χ0) is 17.2. The van der Waals surface area contributed by atoms with Crippen LogP contribution in [0, 0.1) is 0 Å². The zero-order valence-corrected chi connectivity index (χ0v) is 13.7. The van der Waals surface area contributed by atoms with E-state index in [2.05, 4.69) is 20.4 Å². The molecule has 0 bridgehead atoms. The molecule has 0 saturated heterocycles. The molecule has 0 spiro atoms. The van der Waals surface area contributed by atoms with Crippen LogP contribution in [0.25, 0.3) is 16.6 Å². The molecule has 0 atom stereocenters. The summed E-state index contributed by atoms with van der Waals surface area (Å²) in [5, 5.41) is 8.42. The molecule has 0 aliphatic rings. The minimum Gasteiger partial charge on any atom is -0.319 e. The number of hydrogen-bond donors (Lipinski definition) is 1. The molecular weight excluding hydrogens is 338 g/mol. The summed E-state index contributed by atoms with van der Waals surface area (Å²) in [5.74, 6) is -0.325. The lowest BCUT2D eigenvalue weighted by Crippen LogP contribution is -2.15. The standard InChI is InChI=1S/C18H12ClN5O/c19-13-6-8-17(24-11-20-10-21-24)16(9-13)23-18(25)15-7-5-12-3-1-2-4-14(12)22-15/h1-11H,(H,23,25). The molecule has 1 N–H and O–H groups in total. The van der Waals surface area contributed by atoms with E-state index < -0.39 is 0 Å². The maximum Gasteiger partial charge on any atom is 0.274 e. The molecule has 0 aliphatic carbocycles. The number of anilines is 1. The number of hydrogen-bond acceptors (Lipinski definition) is 4. The largest absolute Gasteiger partial charge is 0.319 e. The van der Waals surface area contributed by atoms with Crippen molar-refractivity contribution in [2.45, 2.75) is 0 Å². The first-order valence-electron chi connectivity index (χ1n) is 7.52. The van der Waals surface area contributed by atoms with Crippen LogP contribution in [0.4, 0.5) is 5.69 Å². The van der Waals surface area contributed by atoms with Crippen LogP contribution in [-0.4, -0.2) is 25.7 Å². The van der Waals surface area contributed by atoms with Crippen molar-refractivity contribution in [3.05, 3.63) is 78.0 Å². The molecule has 2 aromatic carbocycles. The van der Waals surface area contributed by atoms with Gasteiger partial charge in [-0.15, -0.1) is 0 Å². The van der Waals surface area contributed by atoms with Gasteiger partial charge in [0, 0.05) is 10.4 Å². The summed E-state index contributed by atoms with van der Waals surface area (Å²) in [4.78, 5) is 21.0. The second kappa shape index (κ2) is 6.33. The second-order valence-corrected chi connectivity index (χ2v) is 5.78. The quantitative estimate of drug-likeness (QED) is 0.611. The van der Waals surface area contributed by atoms with E-state index in [1.165, 1.54) is 6.33 Å². The van der Waals surface area contributed by atoms with E-state index in [0.717, 1.165) is 10.9 Å². The smallest absolute Gasteiger partial charge is 0.274 e. The van der Waals surface area contributed by atoms with Crippen LogP contribution in [0.3, 0.4) is 0 Å². The fourth-order valence-corrected chi connectivity index (χ4v) is 2.69. The van der Waals surface area contributed by atoms with Gasteiger partial charge in [-0.3, -0.25) is 4.79 Å². The lowest BCUT2D eigenvalue weighted by molar-refractivity contribution is 0.102. The van der Waals surface area contributed by atoms with Crippen LogP contribution in [-0.2, 0) is 0 Å². The third-order valence-electron chi connectivity index (χ3n) is 3.70. The number of nitrogens with one attached hydrogen (secondary N) is 1. The third kappa shape index (κ3) is 3.07. The molecule has 0 fully saturated rings. The molecule has 2 aromatic heterocycles. The number of carbonyl (C=O) groups is 1. The highest BCUT2D eigenvalue weighted by atomic mass is 35.5. The van der Waals surface area contributed by atoms with Crippen molar-refractivity contribution in [2.75, 3.05) is 5.32 Å². The average molecular weight is 350 g/mol. The molecule has 0 saturated carbocycles. The van der Waals surface area contributed by atoms with E-state index in [1.807, 2.05) is 30.3 Å². The molecule has 0 aliphatic heterocycles. The summed E-state index contributed by atoms with van der Waals surface area (Å²) in [6.07, 6.45) is 2.97. The van der Waals surface area contributed by atoms with Gasteiger partial charge in [0.05, 0.1) is 16.9 Å². The number of rotatable bonds is 3. The fraction of sp³-hybridized carbons (Fsp3) is 0. The zero-order valence-electron chi connectivity index (χ0n) is 12.9. The Morgan fingerprint density at radius 3 is 2.80 bits per heavy atom. The van der Waals surface area contributed by atoms with Crippen molar-refractivity contribution in [2.24, 2.45) is 0 Å². The number of aromatic nitrogens is 4. The van der Waals surface area contributed by atoms with E-state index in [0.29, 0.717) is 22.1 Å². The van der Waals surface area contributed by atoms with Gasteiger partial charge in [0.1, 0.15) is 18.3 Å². The van der Waals surface area contributed by atoms with Gasteiger partial charge in [0.25, 0.3) is 5.91 Å².